The van der Waals surface area contributed by atoms with Crippen molar-refractivity contribution in [1.29, 1.82) is 0 Å². The zero-order valence-corrected chi connectivity index (χ0v) is 21.3. The summed E-state index contributed by atoms with van der Waals surface area (Å²) in [4.78, 5) is 14.8. The number of carbonyl (C=O) groups excluding carboxylic acids is 1. The molecule has 0 bridgehead atoms. The van der Waals surface area contributed by atoms with Crippen LogP contribution < -0.4 is 31.1 Å². The lowest BCUT2D eigenvalue weighted by atomic mass is 10.1. The number of benzene rings is 3. The van der Waals surface area contributed by atoms with Crippen molar-refractivity contribution in [2.75, 3.05) is 6.54 Å². The van der Waals surface area contributed by atoms with Gasteiger partial charge in [-0.25, -0.2) is 22.7 Å². The second kappa shape index (κ2) is 13.5. The minimum Gasteiger partial charge on any atom is -0.489 e. The van der Waals surface area contributed by atoms with Crippen molar-refractivity contribution in [3.8, 4) is 17.2 Å². The van der Waals surface area contributed by atoms with Crippen molar-refractivity contribution in [2.45, 2.75) is 30.4 Å². The minimum atomic E-state index is -4.60. The van der Waals surface area contributed by atoms with Gasteiger partial charge in [0.25, 0.3) is 5.91 Å². The average Bonchev–Trinajstić information content (AvgIpc) is 2.91. The Morgan fingerprint density at radius 3 is 2.21 bits per heavy atom. The summed E-state index contributed by atoms with van der Waals surface area (Å²) >= 11 is 0. The maximum Gasteiger partial charge on any atom is 0.261 e. The zero-order chi connectivity index (χ0) is 28.4. The van der Waals surface area contributed by atoms with Crippen molar-refractivity contribution >= 4 is 21.9 Å². The molecule has 0 aliphatic heterocycles. The predicted molar refractivity (Wildman–Crippen MR) is 138 cm³/mol. The Labute approximate surface area is 223 Å². The molecule has 0 aliphatic carbocycles. The number of sulfonamides is 1. The lowest BCUT2D eigenvalue weighted by molar-refractivity contribution is -0.131. The molecule has 3 aromatic rings. The number of carbonyl (C=O) groups is 1. The van der Waals surface area contributed by atoms with E-state index in [1.807, 2.05) is 35.1 Å². The van der Waals surface area contributed by atoms with E-state index in [-0.39, 0.29) is 31.1 Å². The van der Waals surface area contributed by atoms with Crippen LogP contribution in [0, 0.1) is 11.6 Å². The van der Waals surface area contributed by atoms with E-state index in [2.05, 4.69) is 4.99 Å². The van der Waals surface area contributed by atoms with Crippen molar-refractivity contribution < 1.29 is 36.7 Å². The molecule has 3 rings (SSSR count). The number of aliphatic imine (C=N–C) groups is 1. The molecular weight excluding hydrogens is 536 g/mol. The number of halogens is 2. The van der Waals surface area contributed by atoms with Crippen molar-refractivity contribution in [3.05, 3.63) is 83.9 Å². The topological polar surface area (TPSA) is 178 Å². The molecule has 0 saturated heterocycles. The molecule has 0 fully saturated rings. The third-order valence-electron chi connectivity index (χ3n) is 5.24. The number of amides is 1. The highest BCUT2D eigenvalue weighted by Crippen LogP contribution is 2.31. The Balaban J connectivity index is 1.69. The van der Waals surface area contributed by atoms with Crippen LogP contribution in [0.4, 0.5) is 8.78 Å². The van der Waals surface area contributed by atoms with Gasteiger partial charge in [0, 0.05) is 6.54 Å². The number of nitrogens with zero attached hydrogens (tertiary/aromatic N) is 1. The Morgan fingerprint density at radius 2 is 1.62 bits per heavy atom. The fourth-order valence-corrected chi connectivity index (χ4v) is 4.59. The summed E-state index contributed by atoms with van der Waals surface area (Å²) in [7, 11) is -4.60. The van der Waals surface area contributed by atoms with Gasteiger partial charge in [0.1, 0.15) is 24.1 Å². The van der Waals surface area contributed by atoms with Gasteiger partial charge < -0.3 is 20.9 Å². The number of rotatable bonds is 13. The molecule has 0 radical (unpaired) electrons. The molecule has 1 amide bonds. The van der Waals surface area contributed by atoms with E-state index in [4.69, 9.17) is 26.1 Å². The standard InChI is InChI=1S/C25H27F2N5O6S/c26-20-13-19(39(35,36)32-22(24(33)31-34)7-4-12-30-25(28)29)14-21(27)23(20)38-18-10-8-17(9-11-18)37-15-16-5-2-1-3-6-16/h1-3,5-6,8-11,13-14,22,32,34H,4,7,12,15H2,(H,31,33)(H4,28,29,30)/t22-/m0/s1. The van der Waals surface area contributed by atoms with E-state index in [0.717, 1.165) is 5.56 Å². The summed E-state index contributed by atoms with van der Waals surface area (Å²) in [6.07, 6.45) is 0.0315. The molecular formula is C25H27F2N5O6S. The maximum atomic E-state index is 14.8. The van der Waals surface area contributed by atoms with Crippen LogP contribution in [0.25, 0.3) is 0 Å². The van der Waals surface area contributed by atoms with Gasteiger partial charge in [0.15, 0.2) is 23.3 Å². The first-order chi connectivity index (χ1) is 18.6. The number of ether oxygens (including phenoxy) is 2. The fraction of sp³-hybridized carbons (Fsp3) is 0.200. The quantitative estimate of drug-likeness (QED) is 0.0692. The number of guanidine groups is 1. The number of hydrogen-bond acceptors (Lipinski definition) is 7. The Kier molecular flexibility index (Phi) is 10.1. The normalized spacial score (nSPS) is 11.9. The smallest absolute Gasteiger partial charge is 0.261 e. The zero-order valence-electron chi connectivity index (χ0n) is 20.5. The summed E-state index contributed by atoms with van der Waals surface area (Å²) in [6.45, 7) is 0.403. The van der Waals surface area contributed by atoms with Crippen LogP contribution in [-0.2, 0) is 21.4 Å². The van der Waals surface area contributed by atoms with Gasteiger partial charge in [-0.2, -0.15) is 4.72 Å². The summed E-state index contributed by atoms with van der Waals surface area (Å²) in [6, 6.07) is 15.1. The maximum absolute atomic E-state index is 14.8. The van der Waals surface area contributed by atoms with Crippen LogP contribution in [0.1, 0.15) is 18.4 Å². The van der Waals surface area contributed by atoms with Gasteiger partial charge in [0.2, 0.25) is 10.0 Å². The van der Waals surface area contributed by atoms with Crippen LogP contribution in [0.15, 0.2) is 76.6 Å². The molecule has 0 aliphatic rings. The summed E-state index contributed by atoms with van der Waals surface area (Å²) in [5.74, 6) is -4.12. The average molecular weight is 564 g/mol. The monoisotopic (exact) mass is 563 g/mol. The van der Waals surface area contributed by atoms with Gasteiger partial charge in [0.05, 0.1) is 4.90 Å². The lowest BCUT2D eigenvalue weighted by Gasteiger charge is -2.17. The highest BCUT2D eigenvalue weighted by molar-refractivity contribution is 7.89. The van der Waals surface area contributed by atoms with Crippen LogP contribution >= 0.6 is 0 Å². The largest absolute Gasteiger partial charge is 0.489 e. The van der Waals surface area contributed by atoms with Gasteiger partial charge in [-0.15, -0.1) is 0 Å². The molecule has 0 unspecified atom stereocenters. The number of hydroxylamine groups is 1. The van der Waals surface area contributed by atoms with E-state index >= 15 is 0 Å². The molecule has 11 nitrogen and oxygen atoms in total. The van der Waals surface area contributed by atoms with Gasteiger partial charge in [-0.1, -0.05) is 30.3 Å². The number of nitrogens with two attached hydrogens (primary N) is 2. The molecule has 1 atom stereocenters. The first-order valence-electron chi connectivity index (χ1n) is 11.5. The molecule has 0 heterocycles. The third-order valence-corrected chi connectivity index (χ3v) is 6.69. The highest BCUT2D eigenvalue weighted by atomic mass is 32.2. The highest BCUT2D eigenvalue weighted by Gasteiger charge is 2.27. The second-order valence-corrected chi connectivity index (χ2v) is 9.88. The second-order valence-electron chi connectivity index (χ2n) is 8.16. The number of hydrogen-bond donors (Lipinski definition) is 5. The van der Waals surface area contributed by atoms with Gasteiger partial charge >= 0.3 is 0 Å². The van der Waals surface area contributed by atoms with E-state index in [1.165, 1.54) is 17.6 Å². The van der Waals surface area contributed by atoms with Crippen LogP contribution in [-0.4, -0.2) is 38.1 Å². The summed E-state index contributed by atoms with van der Waals surface area (Å²) in [5.41, 5.74) is 12.7. The van der Waals surface area contributed by atoms with Crippen molar-refractivity contribution in [1.82, 2.24) is 10.2 Å². The Bertz CT molecular complexity index is 1380. The first kappa shape index (κ1) is 29.3. The molecule has 0 spiro atoms. The lowest BCUT2D eigenvalue weighted by Crippen LogP contribution is -2.45. The van der Waals surface area contributed by atoms with Crippen molar-refractivity contribution in [3.63, 3.8) is 0 Å². The summed E-state index contributed by atoms with van der Waals surface area (Å²) < 4.78 is 68.0. The molecule has 0 aromatic heterocycles. The molecule has 7 N–H and O–H groups in total. The van der Waals surface area contributed by atoms with Crippen LogP contribution in [0.5, 0.6) is 17.2 Å². The minimum absolute atomic E-state index is 0.0778. The molecule has 208 valence electrons. The predicted octanol–water partition coefficient (Wildman–Crippen LogP) is 2.54. The van der Waals surface area contributed by atoms with Crippen molar-refractivity contribution in [2.24, 2.45) is 16.5 Å². The molecule has 14 heteroatoms. The third kappa shape index (κ3) is 8.63. The van der Waals surface area contributed by atoms with E-state index < -0.39 is 44.3 Å². The molecule has 3 aromatic carbocycles. The SMILES string of the molecule is NC(N)=NCCC[C@H](NS(=O)(=O)c1cc(F)c(Oc2ccc(OCc3ccccc3)cc2)c(F)c1)C(=O)NO. The Morgan fingerprint density at radius 1 is 1.00 bits per heavy atom. The summed E-state index contributed by atoms with van der Waals surface area (Å²) in [5, 5.41) is 8.94. The van der Waals surface area contributed by atoms with E-state index in [1.54, 1.807) is 12.1 Å². The molecule has 0 saturated carbocycles. The van der Waals surface area contributed by atoms with Crippen LogP contribution in [0.2, 0.25) is 0 Å². The Hall–Kier alpha value is -4.27. The molecule has 39 heavy (non-hydrogen) atoms. The van der Waals surface area contributed by atoms with Gasteiger partial charge in [-0.05, 0) is 54.8 Å². The first-order valence-corrected chi connectivity index (χ1v) is 13.0. The fourth-order valence-electron chi connectivity index (χ4n) is 3.33. The van der Waals surface area contributed by atoms with E-state index in [0.29, 0.717) is 24.5 Å². The van der Waals surface area contributed by atoms with E-state index in [9.17, 15) is 22.0 Å². The number of nitrogens with one attached hydrogen (secondary N) is 2. The van der Waals surface area contributed by atoms with Crippen LogP contribution in [0.3, 0.4) is 0 Å². The van der Waals surface area contributed by atoms with Gasteiger partial charge in [-0.3, -0.25) is 15.0 Å².